The molecular formula is C17H17ClN2O6S. The number of rotatable bonds is 8. The summed E-state index contributed by atoms with van der Waals surface area (Å²) in [5, 5.41) is 21.1. The first-order valence-electron chi connectivity index (χ1n) is 7.73. The molecular weight excluding hydrogens is 396 g/mol. The highest BCUT2D eigenvalue weighted by atomic mass is 35.5. The molecule has 8 nitrogen and oxygen atoms in total. The Balaban J connectivity index is 2.00. The Morgan fingerprint density at radius 2 is 1.63 bits per heavy atom. The number of carboxylic acid groups (broad SMARTS) is 1. The summed E-state index contributed by atoms with van der Waals surface area (Å²) < 4.78 is 26.7. The van der Waals surface area contributed by atoms with Crippen LogP contribution in [0.5, 0.6) is 0 Å². The molecule has 4 N–H and O–H groups in total. The fraction of sp³-hybridized carbons (Fsp3) is 0.176. The molecule has 0 heterocycles. The van der Waals surface area contributed by atoms with Crippen molar-refractivity contribution in [1.29, 1.82) is 0 Å². The van der Waals surface area contributed by atoms with E-state index < -0.39 is 34.4 Å². The largest absolute Gasteiger partial charge is 0.478 e. The summed E-state index contributed by atoms with van der Waals surface area (Å²) in [5.41, 5.74) is 0.381. The number of carboxylic acids is 1. The van der Waals surface area contributed by atoms with Crippen LogP contribution >= 0.6 is 11.6 Å². The number of anilines is 1. The van der Waals surface area contributed by atoms with Crippen molar-refractivity contribution in [2.75, 3.05) is 18.5 Å². The molecule has 0 aliphatic rings. The third kappa shape index (κ3) is 5.76. The van der Waals surface area contributed by atoms with Gasteiger partial charge < -0.3 is 15.5 Å². The summed E-state index contributed by atoms with van der Waals surface area (Å²) >= 11 is 5.72. The van der Waals surface area contributed by atoms with Gasteiger partial charge in [0.1, 0.15) is 0 Å². The van der Waals surface area contributed by atoms with Gasteiger partial charge in [-0.15, -0.1) is 0 Å². The van der Waals surface area contributed by atoms with Crippen molar-refractivity contribution in [3.05, 3.63) is 59.1 Å². The van der Waals surface area contributed by atoms with Gasteiger partial charge in [-0.3, -0.25) is 4.79 Å². The molecule has 0 aromatic heterocycles. The topological polar surface area (TPSA) is 133 Å². The van der Waals surface area contributed by atoms with E-state index >= 15 is 0 Å². The van der Waals surface area contributed by atoms with Crippen molar-refractivity contribution < 1.29 is 28.2 Å². The number of carbonyl (C=O) groups excluding carboxylic acids is 1. The summed E-state index contributed by atoms with van der Waals surface area (Å²) in [6, 6.07) is 10.9. The number of amides is 1. The van der Waals surface area contributed by atoms with Gasteiger partial charge in [0.25, 0.3) is 0 Å². The van der Waals surface area contributed by atoms with Gasteiger partial charge in [0.15, 0.2) is 0 Å². The highest BCUT2D eigenvalue weighted by Gasteiger charge is 2.22. The van der Waals surface area contributed by atoms with Gasteiger partial charge in [-0.25, -0.2) is 17.9 Å². The number of aromatic carboxylic acids is 1. The van der Waals surface area contributed by atoms with E-state index in [4.69, 9.17) is 16.7 Å². The third-order valence-corrected chi connectivity index (χ3v) is 5.33. The average Bonchev–Trinajstić information content (AvgIpc) is 2.63. The lowest BCUT2D eigenvalue weighted by Gasteiger charge is -2.15. The van der Waals surface area contributed by atoms with Crippen LogP contribution in [0.4, 0.5) is 5.69 Å². The average molecular weight is 413 g/mol. The number of carbonyl (C=O) groups is 2. The third-order valence-electron chi connectivity index (χ3n) is 3.63. The lowest BCUT2D eigenvalue weighted by atomic mass is 10.1. The minimum atomic E-state index is -3.87. The lowest BCUT2D eigenvalue weighted by molar-refractivity contribution is -0.120. The van der Waals surface area contributed by atoms with Crippen LogP contribution in [0.2, 0.25) is 5.02 Å². The van der Waals surface area contributed by atoms with E-state index in [1.165, 1.54) is 48.5 Å². The summed E-state index contributed by atoms with van der Waals surface area (Å²) in [6.45, 7) is -0.900. The van der Waals surface area contributed by atoms with Crippen LogP contribution in [0.25, 0.3) is 0 Å². The number of halogens is 1. The van der Waals surface area contributed by atoms with Crippen LogP contribution in [0.3, 0.4) is 0 Å². The summed E-state index contributed by atoms with van der Waals surface area (Å²) in [5.74, 6) is -2.75. The molecule has 2 aromatic carbocycles. The van der Waals surface area contributed by atoms with Gasteiger partial charge in [0.2, 0.25) is 15.9 Å². The molecule has 1 unspecified atom stereocenters. The minimum absolute atomic E-state index is 0.0201. The fourth-order valence-electron chi connectivity index (χ4n) is 2.09. The van der Waals surface area contributed by atoms with Gasteiger partial charge in [0.05, 0.1) is 23.0 Å². The van der Waals surface area contributed by atoms with Crippen molar-refractivity contribution in [1.82, 2.24) is 4.72 Å². The molecule has 0 radical (unpaired) electrons. The van der Waals surface area contributed by atoms with Crippen molar-refractivity contribution in [3.8, 4) is 0 Å². The first kappa shape index (κ1) is 20.8. The predicted octanol–water partition coefficient (Wildman–Crippen LogP) is 1.56. The number of hydrogen-bond donors (Lipinski definition) is 4. The molecule has 144 valence electrons. The quantitative estimate of drug-likeness (QED) is 0.520. The minimum Gasteiger partial charge on any atom is -0.478 e. The maximum absolute atomic E-state index is 12.2. The number of aliphatic hydroxyl groups excluding tert-OH is 1. The SMILES string of the molecule is O=C(O)c1ccc(NC(=O)C(CO)CNS(=O)(=O)c2ccc(Cl)cc2)cc1. The van der Waals surface area contributed by atoms with Crippen LogP contribution in [-0.4, -0.2) is 43.7 Å². The predicted molar refractivity (Wildman–Crippen MR) is 99.2 cm³/mol. The normalized spacial score (nSPS) is 12.4. The highest BCUT2D eigenvalue weighted by Crippen LogP contribution is 2.15. The van der Waals surface area contributed by atoms with E-state index in [1.54, 1.807) is 0 Å². The molecule has 1 amide bonds. The molecule has 2 aromatic rings. The molecule has 27 heavy (non-hydrogen) atoms. The number of nitrogens with one attached hydrogen (secondary N) is 2. The van der Waals surface area contributed by atoms with Gasteiger partial charge in [-0.2, -0.15) is 0 Å². The second-order valence-corrected chi connectivity index (χ2v) is 7.76. The van der Waals surface area contributed by atoms with E-state index in [0.29, 0.717) is 10.7 Å². The molecule has 0 fully saturated rings. The Morgan fingerprint density at radius 3 is 2.15 bits per heavy atom. The van der Waals surface area contributed by atoms with Crippen LogP contribution in [0, 0.1) is 5.92 Å². The number of benzene rings is 2. The summed E-state index contributed by atoms with van der Waals surface area (Å²) in [6.07, 6.45) is 0. The Morgan fingerprint density at radius 1 is 1.04 bits per heavy atom. The maximum Gasteiger partial charge on any atom is 0.335 e. The summed E-state index contributed by atoms with van der Waals surface area (Å²) in [7, 11) is -3.87. The monoisotopic (exact) mass is 412 g/mol. The molecule has 0 aliphatic carbocycles. The van der Waals surface area contributed by atoms with E-state index in [-0.39, 0.29) is 17.0 Å². The van der Waals surface area contributed by atoms with Gasteiger partial charge >= 0.3 is 5.97 Å². The molecule has 0 saturated heterocycles. The Kier molecular flexibility index (Phi) is 6.92. The number of sulfonamides is 1. The molecule has 1 atom stereocenters. The van der Waals surface area contributed by atoms with Crippen LogP contribution < -0.4 is 10.0 Å². The zero-order valence-corrected chi connectivity index (χ0v) is 15.5. The maximum atomic E-state index is 12.2. The second kappa shape index (κ2) is 8.96. The van der Waals surface area contributed by atoms with Crippen LogP contribution in [0.1, 0.15) is 10.4 Å². The molecule has 0 saturated carbocycles. The van der Waals surface area contributed by atoms with Crippen LogP contribution in [0.15, 0.2) is 53.4 Å². The standard InChI is InChI=1S/C17H17ClN2O6S/c18-13-3-7-15(8-4-13)27(25,26)19-9-12(10-21)16(22)20-14-5-1-11(2-6-14)17(23)24/h1-8,12,19,21H,9-10H2,(H,20,22)(H,23,24). The molecule has 2 rings (SSSR count). The van der Waals surface area contributed by atoms with E-state index in [1.807, 2.05) is 0 Å². The molecule has 0 spiro atoms. The van der Waals surface area contributed by atoms with Crippen molar-refractivity contribution >= 4 is 39.2 Å². The zero-order chi connectivity index (χ0) is 20.0. The van der Waals surface area contributed by atoms with Crippen molar-refractivity contribution in [2.24, 2.45) is 5.92 Å². The Labute approximate surface area is 160 Å². The summed E-state index contributed by atoms with van der Waals surface area (Å²) in [4.78, 5) is 23.0. The van der Waals surface area contributed by atoms with Gasteiger partial charge in [0, 0.05) is 17.3 Å². The molecule has 0 bridgehead atoms. The lowest BCUT2D eigenvalue weighted by Crippen LogP contribution is -2.37. The smallest absolute Gasteiger partial charge is 0.335 e. The zero-order valence-electron chi connectivity index (χ0n) is 13.9. The van der Waals surface area contributed by atoms with E-state index in [2.05, 4.69) is 10.0 Å². The number of hydrogen-bond acceptors (Lipinski definition) is 5. The first-order valence-corrected chi connectivity index (χ1v) is 9.59. The molecule has 10 heteroatoms. The van der Waals surface area contributed by atoms with Gasteiger partial charge in [-0.05, 0) is 48.5 Å². The van der Waals surface area contributed by atoms with Crippen LogP contribution in [-0.2, 0) is 14.8 Å². The second-order valence-electron chi connectivity index (χ2n) is 5.56. The van der Waals surface area contributed by atoms with E-state index in [0.717, 1.165) is 0 Å². The van der Waals surface area contributed by atoms with Crippen molar-refractivity contribution in [2.45, 2.75) is 4.90 Å². The fourth-order valence-corrected chi connectivity index (χ4v) is 3.30. The molecule has 0 aliphatic heterocycles. The first-order chi connectivity index (χ1) is 12.7. The highest BCUT2D eigenvalue weighted by molar-refractivity contribution is 7.89. The van der Waals surface area contributed by atoms with E-state index in [9.17, 15) is 23.1 Å². The van der Waals surface area contributed by atoms with Gasteiger partial charge in [-0.1, -0.05) is 11.6 Å². The number of aliphatic hydroxyl groups is 1. The Bertz CT molecular complexity index is 913. The van der Waals surface area contributed by atoms with Crippen molar-refractivity contribution in [3.63, 3.8) is 0 Å². The Hall–Kier alpha value is -2.46.